The third-order valence-electron chi connectivity index (χ3n) is 4.02. The molecule has 1 N–H and O–H groups in total. The third-order valence-corrected chi connectivity index (χ3v) is 4.96. The van der Waals surface area contributed by atoms with Crippen LogP contribution in [0.25, 0.3) is 0 Å². The topological polar surface area (TPSA) is 86.8 Å². The number of hydrogen-bond acceptors (Lipinski definition) is 5. The zero-order valence-electron chi connectivity index (χ0n) is 14.0. The van der Waals surface area contributed by atoms with Crippen molar-refractivity contribution in [3.63, 3.8) is 0 Å². The van der Waals surface area contributed by atoms with E-state index < -0.39 is 36.3 Å². The first kappa shape index (κ1) is 17.8. The van der Waals surface area contributed by atoms with Crippen molar-refractivity contribution in [1.29, 1.82) is 0 Å². The highest BCUT2D eigenvalue weighted by Crippen LogP contribution is 2.26. The highest BCUT2D eigenvalue weighted by molar-refractivity contribution is 7.10. The largest absolute Gasteiger partial charge is 0.343 e. The number of nitrogens with zero attached hydrogens (tertiary/aromatic N) is 2. The van der Waals surface area contributed by atoms with Gasteiger partial charge in [-0.25, -0.2) is 9.69 Å². The number of carbonyl (C=O) groups excluding carboxylic acids is 4. The summed E-state index contributed by atoms with van der Waals surface area (Å²) in [4.78, 5) is 50.7. The first-order valence-electron chi connectivity index (χ1n) is 8.08. The van der Waals surface area contributed by atoms with E-state index in [9.17, 15) is 19.2 Å². The van der Waals surface area contributed by atoms with Gasteiger partial charge in [0.15, 0.2) is 0 Å². The van der Waals surface area contributed by atoms with Crippen molar-refractivity contribution >= 4 is 35.1 Å². The Morgan fingerprint density at radius 3 is 2.31 bits per heavy atom. The summed E-state index contributed by atoms with van der Waals surface area (Å²) in [6.07, 6.45) is 0. The maximum Gasteiger partial charge on any atom is 0.334 e. The van der Waals surface area contributed by atoms with Crippen molar-refractivity contribution in [3.8, 4) is 0 Å². The Morgan fingerprint density at radius 1 is 1.04 bits per heavy atom. The molecule has 1 aromatic carbocycles. The predicted octanol–water partition coefficient (Wildman–Crippen LogP) is 1.76. The van der Waals surface area contributed by atoms with E-state index in [2.05, 4.69) is 5.32 Å². The molecule has 0 aliphatic carbocycles. The van der Waals surface area contributed by atoms with Gasteiger partial charge < -0.3 is 5.32 Å². The first-order valence-corrected chi connectivity index (χ1v) is 8.96. The fraction of sp³-hybridized carbons (Fsp3) is 0.222. The van der Waals surface area contributed by atoms with E-state index in [0.717, 1.165) is 15.3 Å². The lowest BCUT2D eigenvalue weighted by Crippen LogP contribution is -2.42. The molecule has 3 rings (SSSR count). The van der Waals surface area contributed by atoms with E-state index in [1.165, 1.54) is 11.3 Å². The lowest BCUT2D eigenvalue weighted by atomic mass is 10.1. The van der Waals surface area contributed by atoms with Crippen LogP contribution in [0.5, 0.6) is 0 Å². The monoisotopic (exact) mass is 371 g/mol. The van der Waals surface area contributed by atoms with Gasteiger partial charge >= 0.3 is 17.8 Å². The van der Waals surface area contributed by atoms with E-state index in [1.54, 1.807) is 6.92 Å². The minimum absolute atomic E-state index is 0.0867. The molecule has 5 amide bonds. The van der Waals surface area contributed by atoms with Gasteiger partial charge in [-0.15, -0.1) is 11.3 Å². The molecule has 0 radical (unpaired) electrons. The van der Waals surface area contributed by atoms with Crippen LogP contribution < -0.4 is 5.32 Å². The Hall–Kier alpha value is -3.00. The number of hydrogen-bond donors (Lipinski definition) is 1. The Labute approximate surface area is 154 Å². The van der Waals surface area contributed by atoms with Crippen LogP contribution in [-0.2, 0) is 14.4 Å². The summed E-state index contributed by atoms with van der Waals surface area (Å²) in [7, 11) is 0. The van der Waals surface area contributed by atoms with Gasteiger partial charge in [-0.05, 0) is 23.9 Å². The quantitative estimate of drug-likeness (QED) is 0.619. The van der Waals surface area contributed by atoms with E-state index in [1.807, 2.05) is 47.8 Å². The molecular formula is C18H17N3O4S. The van der Waals surface area contributed by atoms with Gasteiger partial charge in [0.1, 0.15) is 6.54 Å². The minimum atomic E-state index is -0.973. The summed E-state index contributed by atoms with van der Waals surface area (Å²) >= 11 is 1.49. The Kier molecular flexibility index (Phi) is 5.13. The van der Waals surface area contributed by atoms with E-state index in [-0.39, 0.29) is 6.54 Å². The Bertz CT molecular complexity index is 835. The molecule has 7 nitrogen and oxygen atoms in total. The van der Waals surface area contributed by atoms with Gasteiger partial charge in [0.2, 0.25) is 5.91 Å². The highest BCUT2D eigenvalue weighted by atomic mass is 32.1. The molecule has 1 fully saturated rings. The second kappa shape index (κ2) is 7.49. The molecule has 1 atom stereocenters. The number of carbonyl (C=O) groups is 4. The van der Waals surface area contributed by atoms with Crippen molar-refractivity contribution in [3.05, 3.63) is 58.3 Å². The van der Waals surface area contributed by atoms with Crippen LogP contribution in [0.3, 0.4) is 0 Å². The number of likely N-dealkylation sites (N-methyl/N-ethyl adjacent to an activating group) is 1. The number of urea groups is 1. The van der Waals surface area contributed by atoms with Gasteiger partial charge in [-0.3, -0.25) is 19.3 Å². The summed E-state index contributed by atoms with van der Waals surface area (Å²) in [5.41, 5.74) is 0.883. The number of imide groups is 2. The van der Waals surface area contributed by atoms with Gasteiger partial charge in [-0.1, -0.05) is 36.4 Å². The number of benzene rings is 1. The molecule has 8 heteroatoms. The average molecular weight is 371 g/mol. The second-order valence-electron chi connectivity index (χ2n) is 5.65. The van der Waals surface area contributed by atoms with Gasteiger partial charge in [0, 0.05) is 11.4 Å². The lowest BCUT2D eigenvalue weighted by Gasteiger charge is -2.20. The molecule has 2 heterocycles. The molecule has 0 saturated carbocycles. The molecule has 1 saturated heterocycles. The van der Waals surface area contributed by atoms with Crippen LogP contribution in [0.2, 0.25) is 0 Å². The number of amides is 5. The van der Waals surface area contributed by atoms with Crippen LogP contribution in [0.15, 0.2) is 47.8 Å². The molecule has 1 aliphatic heterocycles. The standard InChI is InChI=1S/C18H17N3O4S/c1-2-20-16(23)17(24)21(18(20)25)11-14(22)19-15(13-9-6-10-26-13)12-7-4-3-5-8-12/h3-10,15H,2,11H2,1H3,(H,19,22)/t15-/m0/s1. The van der Waals surface area contributed by atoms with Crippen LogP contribution in [-0.4, -0.2) is 46.6 Å². The number of thiophene rings is 1. The van der Waals surface area contributed by atoms with Crippen LogP contribution >= 0.6 is 11.3 Å². The molecular weight excluding hydrogens is 354 g/mol. The van der Waals surface area contributed by atoms with Gasteiger partial charge in [0.05, 0.1) is 6.04 Å². The summed E-state index contributed by atoms with van der Waals surface area (Å²) < 4.78 is 0. The summed E-state index contributed by atoms with van der Waals surface area (Å²) in [5.74, 6) is -2.39. The zero-order chi connectivity index (χ0) is 18.7. The maximum atomic E-state index is 12.5. The molecule has 0 spiro atoms. The number of nitrogens with one attached hydrogen (secondary N) is 1. The number of rotatable bonds is 6. The van der Waals surface area contributed by atoms with Crippen LogP contribution in [0.4, 0.5) is 4.79 Å². The SMILES string of the molecule is CCN1C(=O)C(=O)N(CC(=O)N[C@@H](c2ccccc2)c2cccs2)C1=O. The fourth-order valence-electron chi connectivity index (χ4n) is 2.74. The molecule has 0 unspecified atom stereocenters. The van der Waals surface area contributed by atoms with E-state index >= 15 is 0 Å². The molecule has 1 aliphatic rings. The van der Waals surface area contributed by atoms with Crippen LogP contribution in [0, 0.1) is 0 Å². The van der Waals surface area contributed by atoms with E-state index in [4.69, 9.17) is 0 Å². The summed E-state index contributed by atoms with van der Waals surface area (Å²) in [5, 5.41) is 4.75. The zero-order valence-corrected chi connectivity index (χ0v) is 14.9. The predicted molar refractivity (Wildman–Crippen MR) is 95.2 cm³/mol. The second-order valence-corrected chi connectivity index (χ2v) is 6.63. The van der Waals surface area contributed by atoms with Crippen LogP contribution in [0.1, 0.15) is 23.4 Å². The third kappa shape index (κ3) is 3.36. The lowest BCUT2D eigenvalue weighted by molar-refractivity contribution is -0.144. The highest BCUT2D eigenvalue weighted by Gasteiger charge is 2.44. The van der Waals surface area contributed by atoms with Crippen molar-refractivity contribution in [2.75, 3.05) is 13.1 Å². The van der Waals surface area contributed by atoms with Gasteiger partial charge in [-0.2, -0.15) is 0 Å². The molecule has 1 aromatic heterocycles. The molecule has 2 aromatic rings. The maximum absolute atomic E-state index is 12.5. The smallest absolute Gasteiger partial charge is 0.334 e. The fourth-order valence-corrected chi connectivity index (χ4v) is 3.54. The van der Waals surface area contributed by atoms with Crippen molar-refractivity contribution in [2.24, 2.45) is 0 Å². The molecule has 26 heavy (non-hydrogen) atoms. The normalized spacial score (nSPS) is 15.5. The van der Waals surface area contributed by atoms with Crippen molar-refractivity contribution in [1.82, 2.24) is 15.1 Å². The molecule has 0 bridgehead atoms. The first-order chi connectivity index (χ1) is 12.5. The van der Waals surface area contributed by atoms with E-state index in [0.29, 0.717) is 4.90 Å². The Morgan fingerprint density at radius 2 is 1.73 bits per heavy atom. The Balaban J connectivity index is 1.76. The van der Waals surface area contributed by atoms with Crippen molar-refractivity contribution in [2.45, 2.75) is 13.0 Å². The molecule has 134 valence electrons. The minimum Gasteiger partial charge on any atom is -0.343 e. The average Bonchev–Trinajstić information content (AvgIpc) is 3.24. The summed E-state index contributed by atoms with van der Waals surface area (Å²) in [6.45, 7) is 1.19. The van der Waals surface area contributed by atoms with Crippen molar-refractivity contribution < 1.29 is 19.2 Å². The van der Waals surface area contributed by atoms with Gasteiger partial charge in [0.25, 0.3) is 0 Å². The summed E-state index contributed by atoms with van der Waals surface area (Å²) in [6, 6.07) is 12.0.